The summed E-state index contributed by atoms with van der Waals surface area (Å²) in [4.78, 5) is 8.90. The number of halogens is 1. The molecule has 27 heavy (non-hydrogen) atoms. The third kappa shape index (κ3) is 3.04. The van der Waals surface area contributed by atoms with E-state index in [0.29, 0.717) is 28.9 Å². The monoisotopic (exact) mass is 364 g/mol. The Hall–Kier alpha value is -3.26. The van der Waals surface area contributed by atoms with Gasteiger partial charge in [-0.1, -0.05) is 12.1 Å². The number of hydrogen-bond acceptors (Lipinski definition) is 5. The van der Waals surface area contributed by atoms with Gasteiger partial charge in [-0.25, -0.2) is 9.37 Å². The zero-order valence-electron chi connectivity index (χ0n) is 14.3. The van der Waals surface area contributed by atoms with Crippen LogP contribution in [0.3, 0.4) is 0 Å². The van der Waals surface area contributed by atoms with E-state index in [-0.39, 0.29) is 11.6 Å². The topological polar surface area (TPSA) is 91.1 Å². The molecule has 1 fully saturated rings. The van der Waals surface area contributed by atoms with E-state index in [1.54, 1.807) is 4.40 Å². The van der Waals surface area contributed by atoms with E-state index in [0.717, 1.165) is 5.69 Å². The summed E-state index contributed by atoms with van der Waals surface area (Å²) in [6.07, 6.45) is 3.14. The summed E-state index contributed by atoms with van der Waals surface area (Å²) in [5.74, 6) is 1.60. The molecular weight excluding hydrogens is 347 g/mol. The lowest BCUT2D eigenvalue weighted by atomic mass is 10.1. The van der Waals surface area contributed by atoms with Crippen LogP contribution in [0.2, 0.25) is 0 Å². The lowest BCUT2D eigenvalue weighted by Crippen LogP contribution is -2.11. The summed E-state index contributed by atoms with van der Waals surface area (Å²) in [6.45, 7) is 0. The van der Waals surface area contributed by atoms with Crippen molar-refractivity contribution in [3.63, 3.8) is 0 Å². The van der Waals surface area contributed by atoms with Crippen LogP contribution in [0.25, 0.3) is 5.65 Å². The quantitative estimate of drug-likeness (QED) is 0.505. The number of rotatable bonds is 5. The van der Waals surface area contributed by atoms with Crippen molar-refractivity contribution in [1.82, 2.24) is 24.6 Å². The van der Waals surface area contributed by atoms with Gasteiger partial charge in [0.25, 0.3) is 0 Å². The Kier molecular flexibility index (Phi) is 3.64. The van der Waals surface area contributed by atoms with Gasteiger partial charge >= 0.3 is 0 Å². The first kappa shape index (κ1) is 16.0. The number of hydrogen-bond donors (Lipinski definition) is 3. The van der Waals surface area contributed by atoms with Crippen LogP contribution in [0.1, 0.15) is 41.9 Å². The van der Waals surface area contributed by atoms with Crippen LogP contribution in [0.4, 0.5) is 16.2 Å². The minimum atomic E-state index is -1.06. The average Bonchev–Trinajstić information content (AvgIpc) is 3.23. The Balaban J connectivity index is 1.51. The maximum atomic E-state index is 13.2. The number of nitrogens with zero attached hydrogens (tertiary/aromatic N) is 4. The van der Waals surface area contributed by atoms with Gasteiger partial charge in [-0.2, -0.15) is 10.1 Å². The van der Waals surface area contributed by atoms with Gasteiger partial charge < -0.3 is 10.4 Å². The Bertz CT molecular complexity index is 1100. The summed E-state index contributed by atoms with van der Waals surface area (Å²) in [5, 5.41) is 21.2. The van der Waals surface area contributed by atoms with Crippen molar-refractivity contribution in [2.24, 2.45) is 0 Å². The maximum Gasteiger partial charge on any atom is 0.216 e. The predicted octanol–water partition coefficient (Wildman–Crippen LogP) is 3.29. The van der Waals surface area contributed by atoms with Crippen LogP contribution in [0, 0.1) is 5.82 Å². The fraction of sp³-hybridized carbons (Fsp3) is 0.211. The maximum absolute atomic E-state index is 13.2. The number of fused-ring (bicyclic) bond motifs is 1. The van der Waals surface area contributed by atoms with E-state index in [1.165, 1.54) is 37.1 Å². The first-order valence-corrected chi connectivity index (χ1v) is 8.78. The van der Waals surface area contributed by atoms with Crippen LogP contribution in [0.15, 0.2) is 48.7 Å². The van der Waals surface area contributed by atoms with Gasteiger partial charge in [0.1, 0.15) is 17.6 Å². The number of aliphatic hydroxyl groups is 1. The molecule has 1 atom stereocenters. The molecule has 0 aliphatic heterocycles. The summed E-state index contributed by atoms with van der Waals surface area (Å²) >= 11 is 0. The smallest absolute Gasteiger partial charge is 0.216 e. The molecule has 1 unspecified atom stereocenters. The molecule has 1 aliphatic carbocycles. The first-order valence-electron chi connectivity index (χ1n) is 8.78. The molecule has 0 saturated heterocycles. The lowest BCUT2D eigenvalue weighted by molar-refractivity contribution is 0.210. The Morgan fingerprint density at radius 3 is 2.78 bits per heavy atom. The normalized spacial score (nSPS) is 15.2. The molecule has 1 aliphatic rings. The Morgan fingerprint density at radius 1 is 1.19 bits per heavy atom. The second kappa shape index (κ2) is 6.17. The van der Waals surface area contributed by atoms with Gasteiger partial charge in [0, 0.05) is 23.9 Å². The summed E-state index contributed by atoms with van der Waals surface area (Å²) in [6, 6.07) is 11.3. The molecule has 8 heteroatoms. The third-order valence-electron chi connectivity index (χ3n) is 4.69. The van der Waals surface area contributed by atoms with Crippen LogP contribution in [-0.4, -0.2) is 29.7 Å². The minimum Gasteiger partial charge on any atom is -0.380 e. The van der Waals surface area contributed by atoms with Crippen LogP contribution < -0.4 is 5.32 Å². The van der Waals surface area contributed by atoms with Crippen molar-refractivity contribution < 1.29 is 9.50 Å². The molecule has 4 aromatic rings. The van der Waals surface area contributed by atoms with Gasteiger partial charge in [-0.15, -0.1) is 0 Å². The van der Waals surface area contributed by atoms with Gasteiger partial charge in [0.05, 0.1) is 0 Å². The molecule has 136 valence electrons. The molecule has 3 heterocycles. The number of anilines is 2. The highest BCUT2D eigenvalue weighted by Gasteiger charge is 2.25. The number of aromatic nitrogens is 5. The van der Waals surface area contributed by atoms with Crippen molar-refractivity contribution in [2.75, 3.05) is 5.32 Å². The number of H-pyrrole nitrogens is 1. The zero-order chi connectivity index (χ0) is 18.4. The number of aliphatic hydroxyl groups excluding tert-OH is 1. The molecule has 7 nitrogen and oxygen atoms in total. The standard InChI is InChI=1S/C19H17FN6O/c20-13-7-5-12(6-8-13)17(27)18-22-16-2-1-9-26(16)19(23-18)21-15-10-14(24-25-15)11-3-4-11/h1-2,5-11,17,27H,3-4H2,(H2,21,22,23,24,25). The summed E-state index contributed by atoms with van der Waals surface area (Å²) < 4.78 is 14.9. The molecule has 0 amide bonds. The number of nitrogens with one attached hydrogen (secondary N) is 2. The summed E-state index contributed by atoms with van der Waals surface area (Å²) in [5.41, 5.74) is 2.28. The molecule has 1 aromatic carbocycles. The summed E-state index contributed by atoms with van der Waals surface area (Å²) in [7, 11) is 0. The zero-order valence-corrected chi connectivity index (χ0v) is 14.3. The molecule has 1 saturated carbocycles. The van der Waals surface area contributed by atoms with Gasteiger partial charge in [-0.05, 0) is 42.7 Å². The second-order valence-corrected chi connectivity index (χ2v) is 6.70. The molecule has 0 radical (unpaired) electrons. The Labute approximate surface area is 153 Å². The van der Waals surface area contributed by atoms with E-state index in [9.17, 15) is 9.50 Å². The van der Waals surface area contributed by atoms with E-state index in [4.69, 9.17) is 0 Å². The first-order chi connectivity index (χ1) is 13.2. The SMILES string of the molecule is OC(c1ccc(F)cc1)c1nc(Nc2cc(C3CC3)[nH]n2)n2cccc2n1. The van der Waals surface area contributed by atoms with Crippen LogP contribution in [-0.2, 0) is 0 Å². The van der Waals surface area contributed by atoms with E-state index < -0.39 is 6.10 Å². The van der Waals surface area contributed by atoms with E-state index >= 15 is 0 Å². The largest absolute Gasteiger partial charge is 0.380 e. The van der Waals surface area contributed by atoms with E-state index in [1.807, 2.05) is 24.4 Å². The minimum absolute atomic E-state index is 0.230. The molecule has 3 aromatic heterocycles. The molecular formula is C19H17FN6O. The van der Waals surface area contributed by atoms with Gasteiger partial charge in [0.2, 0.25) is 5.95 Å². The van der Waals surface area contributed by atoms with Crippen molar-refractivity contribution >= 4 is 17.4 Å². The average molecular weight is 364 g/mol. The van der Waals surface area contributed by atoms with Gasteiger partial charge in [-0.3, -0.25) is 9.50 Å². The van der Waals surface area contributed by atoms with Crippen LogP contribution in [0.5, 0.6) is 0 Å². The number of aromatic amines is 1. The lowest BCUT2D eigenvalue weighted by Gasteiger charge is -2.13. The highest BCUT2D eigenvalue weighted by Crippen LogP contribution is 2.39. The van der Waals surface area contributed by atoms with Crippen molar-refractivity contribution in [2.45, 2.75) is 24.9 Å². The van der Waals surface area contributed by atoms with Crippen molar-refractivity contribution in [3.05, 3.63) is 71.6 Å². The van der Waals surface area contributed by atoms with Crippen molar-refractivity contribution in [1.29, 1.82) is 0 Å². The highest BCUT2D eigenvalue weighted by molar-refractivity contribution is 5.54. The molecule has 3 N–H and O–H groups in total. The van der Waals surface area contributed by atoms with Crippen molar-refractivity contribution in [3.8, 4) is 0 Å². The molecule has 5 rings (SSSR count). The second-order valence-electron chi connectivity index (χ2n) is 6.70. The third-order valence-corrected chi connectivity index (χ3v) is 4.69. The fourth-order valence-corrected chi connectivity index (χ4v) is 3.07. The predicted molar refractivity (Wildman–Crippen MR) is 97.3 cm³/mol. The highest BCUT2D eigenvalue weighted by atomic mass is 19.1. The molecule has 0 bridgehead atoms. The van der Waals surface area contributed by atoms with Crippen LogP contribution >= 0.6 is 0 Å². The Morgan fingerprint density at radius 2 is 2.00 bits per heavy atom. The fourth-order valence-electron chi connectivity index (χ4n) is 3.07. The van der Waals surface area contributed by atoms with E-state index in [2.05, 4.69) is 25.5 Å². The molecule has 0 spiro atoms. The van der Waals surface area contributed by atoms with Gasteiger partial charge in [0.15, 0.2) is 11.6 Å². The number of benzene rings is 1.